The maximum Gasteiger partial charge on any atom is 0.221 e. The van der Waals surface area contributed by atoms with Crippen LogP contribution in [-0.4, -0.2) is 29.5 Å². The van der Waals surface area contributed by atoms with E-state index in [-0.39, 0.29) is 5.95 Å². The van der Waals surface area contributed by atoms with Crippen molar-refractivity contribution in [1.29, 1.82) is 0 Å². The minimum atomic E-state index is 0.208. The monoisotopic (exact) mass is 339 g/mol. The number of rotatable bonds is 2. The molecule has 0 saturated heterocycles. The lowest BCUT2D eigenvalue weighted by Crippen LogP contribution is -2.01. The van der Waals surface area contributed by atoms with Gasteiger partial charge < -0.3 is 5.73 Å². The molecule has 2 N–H and O–H groups in total. The van der Waals surface area contributed by atoms with Crippen LogP contribution in [0.25, 0.3) is 22.9 Å². The van der Waals surface area contributed by atoms with E-state index in [1.807, 2.05) is 22.8 Å². The van der Waals surface area contributed by atoms with Gasteiger partial charge in [-0.25, -0.2) is 19.9 Å². The Morgan fingerprint density at radius 1 is 1.00 bits per heavy atom. The van der Waals surface area contributed by atoms with Gasteiger partial charge in [-0.3, -0.25) is 4.57 Å². The van der Waals surface area contributed by atoms with Gasteiger partial charge in [-0.15, -0.1) is 0 Å². The molecule has 0 bridgehead atoms. The van der Waals surface area contributed by atoms with Crippen molar-refractivity contribution in [2.75, 3.05) is 5.73 Å². The van der Waals surface area contributed by atoms with E-state index in [0.717, 1.165) is 22.3 Å². The molecule has 7 nitrogen and oxygen atoms in total. The van der Waals surface area contributed by atoms with E-state index in [4.69, 9.17) is 5.73 Å². The lowest BCUT2D eigenvalue weighted by molar-refractivity contribution is 1.00. The molecule has 0 aliphatic carbocycles. The number of imidazole rings is 1. The minimum absolute atomic E-state index is 0.208. The Hall–Kier alpha value is -4.05. The summed E-state index contributed by atoms with van der Waals surface area (Å²) >= 11 is 0. The second-order valence-corrected chi connectivity index (χ2v) is 5.35. The summed E-state index contributed by atoms with van der Waals surface area (Å²) in [6.07, 6.45) is 6.62. The molecule has 124 valence electrons. The maximum absolute atomic E-state index is 5.68. The summed E-state index contributed by atoms with van der Waals surface area (Å²) in [5.41, 5.74) is 8.93. The third-order valence-electron chi connectivity index (χ3n) is 3.66. The number of aromatic nitrogens is 6. The topological polar surface area (TPSA) is 95.4 Å². The molecule has 0 saturated carbocycles. The van der Waals surface area contributed by atoms with Crippen LogP contribution in [0.2, 0.25) is 0 Å². The first-order valence-electron chi connectivity index (χ1n) is 7.76. The van der Waals surface area contributed by atoms with Crippen LogP contribution in [0.15, 0.2) is 55.6 Å². The molecule has 3 aromatic heterocycles. The van der Waals surface area contributed by atoms with E-state index >= 15 is 0 Å². The first-order valence-corrected chi connectivity index (χ1v) is 7.76. The Morgan fingerprint density at radius 3 is 2.73 bits per heavy atom. The van der Waals surface area contributed by atoms with Gasteiger partial charge in [0, 0.05) is 18.0 Å². The number of benzene rings is 1. The molecular weight excluding hydrogens is 326 g/mol. The quantitative estimate of drug-likeness (QED) is 0.563. The zero-order chi connectivity index (χ0) is 17.9. The summed E-state index contributed by atoms with van der Waals surface area (Å²) in [7, 11) is 0. The van der Waals surface area contributed by atoms with Crippen molar-refractivity contribution in [1.82, 2.24) is 29.5 Å². The Bertz CT molecular complexity index is 1180. The van der Waals surface area contributed by atoms with Gasteiger partial charge in [-0.2, -0.15) is 4.98 Å². The summed E-state index contributed by atoms with van der Waals surface area (Å²) in [6, 6.07) is 9.28. The third kappa shape index (κ3) is 2.99. The van der Waals surface area contributed by atoms with Gasteiger partial charge in [0.1, 0.15) is 12.1 Å². The van der Waals surface area contributed by atoms with Gasteiger partial charge in [-0.05, 0) is 42.3 Å². The van der Waals surface area contributed by atoms with Crippen molar-refractivity contribution in [3.05, 3.63) is 72.7 Å². The normalized spacial score (nSPS) is 10.3. The molecule has 0 atom stereocenters. The number of fused-ring (bicyclic) bond motifs is 1. The molecule has 0 amide bonds. The molecule has 0 spiro atoms. The number of anilines is 1. The molecule has 0 aliphatic rings. The van der Waals surface area contributed by atoms with Crippen LogP contribution in [0, 0.1) is 11.8 Å². The summed E-state index contributed by atoms with van der Waals surface area (Å²) < 4.78 is 1.84. The van der Waals surface area contributed by atoms with Gasteiger partial charge in [0.05, 0.1) is 16.7 Å². The van der Waals surface area contributed by atoms with E-state index in [0.29, 0.717) is 11.6 Å². The fourth-order valence-corrected chi connectivity index (χ4v) is 2.44. The predicted octanol–water partition coefficient (Wildman–Crippen LogP) is 2.23. The van der Waals surface area contributed by atoms with Crippen molar-refractivity contribution < 1.29 is 0 Å². The van der Waals surface area contributed by atoms with Crippen molar-refractivity contribution in [3.63, 3.8) is 0 Å². The Kier molecular flexibility index (Phi) is 3.84. The average Bonchev–Trinajstić information content (AvgIpc) is 3.10. The molecular formula is C19H13N7. The molecule has 0 unspecified atom stereocenters. The van der Waals surface area contributed by atoms with Crippen molar-refractivity contribution in [3.8, 4) is 17.7 Å². The molecule has 4 rings (SSSR count). The maximum atomic E-state index is 5.68. The second-order valence-electron chi connectivity index (χ2n) is 5.35. The SMILES string of the molecule is C=Cc1ccnc(C#Cc2ccc3ncn(-c4ccnc(N)n4)c3c2)n1. The summed E-state index contributed by atoms with van der Waals surface area (Å²) in [6.45, 7) is 3.70. The zero-order valence-electron chi connectivity index (χ0n) is 13.7. The summed E-state index contributed by atoms with van der Waals surface area (Å²) in [5, 5.41) is 0. The van der Waals surface area contributed by atoms with Gasteiger partial charge in [0.2, 0.25) is 11.8 Å². The number of nitrogens with two attached hydrogens (primary N) is 1. The highest BCUT2D eigenvalue weighted by Crippen LogP contribution is 2.18. The summed E-state index contributed by atoms with van der Waals surface area (Å²) in [5.74, 6) is 7.34. The van der Waals surface area contributed by atoms with E-state index in [9.17, 15) is 0 Å². The third-order valence-corrected chi connectivity index (χ3v) is 3.66. The van der Waals surface area contributed by atoms with E-state index in [2.05, 4.69) is 43.3 Å². The van der Waals surface area contributed by atoms with Crippen LogP contribution in [-0.2, 0) is 0 Å². The van der Waals surface area contributed by atoms with Crippen LogP contribution in [0.5, 0.6) is 0 Å². The average molecular weight is 339 g/mol. The van der Waals surface area contributed by atoms with Crippen molar-refractivity contribution in [2.45, 2.75) is 0 Å². The smallest absolute Gasteiger partial charge is 0.221 e. The number of nitrogen functional groups attached to an aromatic ring is 1. The Morgan fingerprint density at radius 2 is 1.88 bits per heavy atom. The summed E-state index contributed by atoms with van der Waals surface area (Å²) in [4.78, 5) is 21.0. The fourth-order valence-electron chi connectivity index (χ4n) is 2.44. The lowest BCUT2D eigenvalue weighted by Gasteiger charge is -2.03. The van der Waals surface area contributed by atoms with Crippen LogP contribution in [0.3, 0.4) is 0 Å². The molecule has 3 heterocycles. The largest absolute Gasteiger partial charge is 0.368 e. The van der Waals surface area contributed by atoms with Gasteiger partial charge in [0.25, 0.3) is 0 Å². The Labute approximate surface area is 149 Å². The molecule has 1 aromatic carbocycles. The van der Waals surface area contributed by atoms with Gasteiger partial charge in [-0.1, -0.05) is 12.5 Å². The lowest BCUT2D eigenvalue weighted by atomic mass is 10.2. The highest BCUT2D eigenvalue weighted by molar-refractivity contribution is 5.78. The van der Waals surface area contributed by atoms with E-state index in [1.165, 1.54) is 0 Å². The zero-order valence-corrected chi connectivity index (χ0v) is 13.7. The number of hydrogen-bond acceptors (Lipinski definition) is 6. The molecule has 0 aliphatic heterocycles. The number of hydrogen-bond donors (Lipinski definition) is 1. The van der Waals surface area contributed by atoms with Crippen LogP contribution in [0.1, 0.15) is 17.1 Å². The molecule has 7 heteroatoms. The number of nitrogens with zero attached hydrogens (tertiary/aromatic N) is 6. The predicted molar refractivity (Wildman–Crippen MR) is 99.2 cm³/mol. The fraction of sp³-hybridized carbons (Fsp3) is 0. The van der Waals surface area contributed by atoms with Gasteiger partial charge >= 0.3 is 0 Å². The molecule has 0 fully saturated rings. The van der Waals surface area contributed by atoms with Crippen molar-refractivity contribution in [2.24, 2.45) is 0 Å². The van der Waals surface area contributed by atoms with Gasteiger partial charge in [0.15, 0.2) is 0 Å². The highest BCUT2D eigenvalue weighted by Gasteiger charge is 2.07. The highest BCUT2D eigenvalue weighted by atomic mass is 15.1. The first kappa shape index (κ1) is 15.5. The second kappa shape index (κ2) is 6.45. The first-order chi connectivity index (χ1) is 12.7. The minimum Gasteiger partial charge on any atom is -0.368 e. The Balaban J connectivity index is 1.75. The molecule has 26 heavy (non-hydrogen) atoms. The standard InChI is InChI=1S/C19H13N7/c1-2-14-7-9-21-17(24-14)6-4-13-3-5-15-16(11-13)26(12-23-15)18-8-10-22-19(20)25-18/h2-3,5,7-12H,1H2,(H2,20,22,25). The molecule has 4 aromatic rings. The van der Waals surface area contributed by atoms with Crippen LogP contribution in [0.4, 0.5) is 5.95 Å². The van der Waals surface area contributed by atoms with Crippen molar-refractivity contribution >= 4 is 23.1 Å². The van der Waals surface area contributed by atoms with Crippen LogP contribution >= 0.6 is 0 Å². The molecule has 0 radical (unpaired) electrons. The van der Waals surface area contributed by atoms with E-state index < -0.39 is 0 Å². The van der Waals surface area contributed by atoms with E-state index in [1.54, 1.807) is 36.9 Å². The van der Waals surface area contributed by atoms with Crippen LogP contribution < -0.4 is 5.73 Å².